The van der Waals surface area contributed by atoms with Crippen LogP contribution in [0.15, 0.2) is 36.7 Å². The van der Waals surface area contributed by atoms with Gasteiger partial charge in [-0.3, -0.25) is 0 Å². The summed E-state index contributed by atoms with van der Waals surface area (Å²) in [6.45, 7) is 4.38. The molecule has 0 saturated carbocycles. The van der Waals surface area contributed by atoms with Gasteiger partial charge in [0.15, 0.2) is 0 Å². The van der Waals surface area contributed by atoms with E-state index in [2.05, 4.69) is 48.1 Å². The minimum Gasteiger partial charge on any atom is -0.348 e. The monoisotopic (exact) mass is 200 g/mol. The maximum Gasteiger partial charge on any atom is 0.113 e. The van der Waals surface area contributed by atoms with Crippen LogP contribution in [-0.4, -0.2) is 9.97 Å². The number of nitrogens with one attached hydrogen (secondary N) is 1. The highest BCUT2D eigenvalue weighted by Crippen LogP contribution is 2.24. The summed E-state index contributed by atoms with van der Waals surface area (Å²) >= 11 is 0. The Bertz CT molecular complexity index is 418. The highest BCUT2D eigenvalue weighted by Gasteiger charge is 2.12. The Labute approximate surface area is 90.4 Å². The molecule has 0 aliphatic rings. The van der Waals surface area contributed by atoms with Crippen molar-refractivity contribution >= 4 is 0 Å². The number of aryl methyl sites for hydroxylation is 1. The molecule has 0 unspecified atom stereocenters. The molecule has 0 saturated heterocycles. The molecule has 78 valence electrons. The van der Waals surface area contributed by atoms with Crippen LogP contribution in [0.1, 0.15) is 36.7 Å². The number of aromatic amines is 1. The number of benzene rings is 1. The molecule has 0 radical (unpaired) electrons. The smallest absolute Gasteiger partial charge is 0.113 e. The average Bonchev–Trinajstić information content (AvgIpc) is 2.81. The topological polar surface area (TPSA) is 28.7 Å². The highest BCUT2D eigenvalue weighted by molar-refractivity contribution is 5.33. The molecule has 1 atom stereocenters. The predicted molar refractivity (Wildman–Crippen MR) is 61.9 cm³/mol. The molecule has 2 heteroatoms. The standard InChI is InChI=1S/C13H16N2/c1-3-11-6-4-5-7-12(11)10(2)13-14-8-9-15-13/h4-10H,3H2,1-2H3,(H,14,15)/t10-/m0/s1. The highest BCUT2D eigenvalue weighted by atomic mass is 14.9. The van der Waals surface area contributed by atoms with Crippen molar-refractivity contribution < 1.29 is 0 Å². The summed E-state index contributed by atoms with van der Waals surface area (Å²) < 4.78 is 0. The zero-order valence-electron chi connectivity index (χ0n) is 9.20. The molecule has 1 aromatic carbocycles. The Kier molecular flexibility index (Phi) is 2.86. The lowest BCUT2D eigenvalue weighted by atomic mass is 9.94. The molecule has 0 spiro atoms. The van der Waals surface area contributed by atoms with E-state index in [0.717, 1.165) is 12.2 Å². The third-order valence-corrected chi connectivity index (χ3v) is 2.83. The van der Waals surface area contributed by atoms with Gasteiger partial charge in [-0.1, -0.05) is 38.1 Å². The van der Waals surface area contributed by atoms with Crippen molar-refractivity contribution in [3.05, 3.63) is 53.6 Å². The summed E-state index contributed by atoms with van der Waals surface area (Å²) in [7, 11) is 0. The number of H-pyrrole nitrogens is 1. The molecule has 0 bridgehead atoms. The lowest BCUT2D eigenvalue weighted by Gasteiger charge is -2.13. The molecular formula is C13H16N2. The molecule has 2 aromatic rings. The lowest BCUT2D eigenvalue weighted by Crippen LogP contribution is -2.02. The normalized spacial score (nSPS) is 12.7. The van der Waals surface area contributed by atoms with Crippen LogP contribution in [0.2, 0.25) is 0 Å². The van der Waals surface area contributed by atoms with Crippen LogP contribution in [0.25, 0.3) is 0 Å². The fourth-order valence-electron chi connectivity index (χ4n) is 1.94. The van der Waals surface area contributed by atoms with Crippen LogP contribution in [-0.2, 0) is 6.42 Å². The van der Waals surface area contributed by atoms with Crippen LogP contribution in [0.4, 0.5) is 0 Å². The molecule has 0 aliphatic carbocycles. The van der Waals surface area contributed by atoms with E-state index in [-0.39, 0.29) is 0 Å². The SMILES string of the molecule is CCc1ccccc1[C@H](C)c1ncc[nH]1. The molecule has 15 heavy (non-hydrogen) atoms. The van der Waals surface area contributed by atoms with Gasteiger partial charge in [0.05, 0.1) is 0 Å². The molecule has 2 nitrogen and oxygen atoms in total. The van der Waals surface area contributed by atoms with Crippen molar-refractivity contribution in [1.82, 2.24) is 9.97 Å². The van der Waals surface area contributed by atoms with Gasteiger partial charge in [-0.15, -0.1) is 0 Å². The van der Waals surface area contributed by atoms with E-state index in [1.54, 1.807) is 6.20 Å². The number of aromatic nitrogens is 2. The summed E-state index contributed by atoms with van der Waals surface area (Å²) in [5, 5.41) is 0. The molecule has 0 aliphatic heterocycles. The number of hydrogen-bond acceptors (Lipinski definition) is 1. The Morgan fingerprint density at radius 3 is 2.80 bits per heavy atom. The van der Waals surface area contributed by atoms with E-state index in [1.807, 2.05) is 6.20 Å². The van der Waals surface area contributed by atoms with Gasteiger partial charge in [-0.25, -0.2) is 4.98 Å². The number of nitrogens with zero attached hydrogens (tertiary/aromatic N) is 1. The maximum absolute atomic E-state index is 4.31. The molecule has 2 rings (SSSR count). The number of rotatable bonds is 3. The maximum atomic E-state index is 4.31. The van der Waals surface area contributed by atoms with Crippen LogP contribution in [0, 0.1) is 0 Å². The minimum atomic E-state index is 0.344. The number of hydrogen-bond donors (Lipinski definition) is 1. The van der Waals surface area contributed by atoms with Crippen LogP contribution in [0.3, 0.4) is 0 Å². The quantitative estimate of drug-likeness (QED) is 0.810. The second-order valence-electron chi connectivity index (χ2n) is 3.75. The van der Waals surface area contributed by atoms with Gasteiger partial charge in [0.1, 0.15) is 5.82 Å². The van der Waals surface area contributed by atoms with Crippen molar-refractivity contribution in [2.24, 2.45) is 0 Å². The van der Waals surface area contributed by atoms with Gasteiger partial charge in [-0.2, -0.15) is 0 Å². The van der Waals surface area contributed by atoms with E-state index < -0.39 is 0 Å². The van der Waals surface area contributed by atoms with Crippen molar-refractivity contribution in [3.8, 4) is 0 Å². The van der Waals surface area contributed by atoms with Gasteiger partial charge in [-0.05, 0) is 17.5 Å². The Morgan fingerprint density at radius 2 is 2.13 bits per heavy atom. The summed E-state index contributed by atoms with van der Waals surface area (Å²) in [5.74, 6) is 1.38. The average molecular weight is 200 g/mol. The van der Waals surface area contributed by atoms with E-state index >= 15 is 0 Å². The van der Waals surface area contributed by atoms with E-state index in [0.29, 0.717) is 5.92 Å². The Hall–Kier alpha value is -1.57. The third kappa shape index (κ3) is 1.94. The zero-order chi connectivity index (χ0) is 10.7. The molecule has 0 amide bonds. The molecule has 1 aromatic heterocycles. The zero-order valence-corrected chi connectivity index (χ0v) is 9.20. The number of imidazole rings is 1. The largest absolute Gasteiger partial charge is 0.348 e. The van der Waals surface area contributed by atoms with Crippen LogP contribution < -0.4 is 0 Å². The Balaban J connectivity index is 2.37. The van der Waals surface area contributed by atoms with Gasteiger partial charge in [0, 0.05) is 18.3 Å². The molecule has 0 fully saturated rings. The van der Waals surface area contributed by atoms with E-state index in [9.17, 15) is 0 Å². The second kappa shape index (κ2) is 4.30. The second-order valence-corrected chi connectivity index (χ2v) is 3.75. The first kappa shape index (κ1) is 9.97. The third-order valence-electron chi connectivity index (χ3n) is 2.83. The molecule has 1 N–H and O–H groups in total. The predicted octanol–water partition coefficient (Wildman–Crippen LogP) is 3.12. The van der Waals surface area contributed by atoms with E-state index in [4.69, 9.17) is 0 Å². The van der Waals surface area contributed by atoms with Crippen molar-refractivity contribution in [1.29, 1.82) is 0 Å². The summed E-state index contributed by atoms with van der Waals surface area (Å²) in [6, 6.07) is 8.56. The first-order chi connectivity index (χ1) is 7.33. The summed E-state index contributed by atoms with van der Waals surface area (Å²) in [5.41, 5.74) is 2.77. The summed E-state index contributed by atoms with van der Waals surface area (Å²) in [6.07, 6.45) is 4.75. The van der Waals surface area contributed by atoms with Crippen LogP contribution in [0.5, 0.6) is 0 Å². The fraction of sp³-hybridized carbons (Fsp3) is 0.308. The minimum absolute atomic E-state index is 0.344. The first-order valence-electron chi connectivity index (χ1n) is 5.40. The van der Waals surface area contributed by atoms with E-state index in [1.165, 1.54) is 11.1 Å². The summed E-state index contributed by atoms with van der Waals surface area (Å²) in [4.78, 5) is 7.49. The van der Waals surface area contributed by atoms with Gasteiger partial charge in [0.25, 0.3) is 0 Å². The lowest BCUT2D eigenvalue weighted by molar-refractivity contribution is 0.823. The Morgan fingerprint density at radius 1 is 1.33 bits per heavy atom. The van der Waals surface area contributed by atoms with Gasteiger partial charge >= 0.3 is 0 Å². The van der Waals surface area contributed by atoms with Gasteiger partial charge in [0.2, 0.25) is 0 Å². The van der Waals surface area contributed by atoms with Crippen molar-refractivity contribution in [3.63, 3.8) is 0 Å². The molecule has 1 heterocycles. The van der Waals surface area contributed by atoms with Crippen LogP contribution >= 0.6 is 0 Å². The first-order valence-corrected chi connectivity index (χ1v) is 5.40. The van der Waals surface area contributed by atoms with Crippen molar-refractivity contribution in [2.45, 2.75) is 26.2 Å². The van der Waals surface area contributed by atoms with Gasteiger partial charge < -0.3 is 4.98 Å². The fourth-order valence-corrected chi connectivity index (χ4v) is 1.94. The van der Waals surface area contributed by atoms with Crippen molar-refractivity contribution in [2.75, 3.05) is 0 Å². The molecular weight excluding hydrogens is 184 g/mol.